The van der Waals surface area contributed by atoms with Crippen LogP contribution in [0.15, 0.2) is 78.9 Å². The molecule has 4 aromatic rings. The highest BCUT2D eigenvalue weighted by atomic mass is 35.5. The van der Waals surface area contributed by atoms with E-state index < -0.39 is 0 Å². The van der Waals surface area contributed by atoms with Gasteiger partial charge in [0.25, 0.3) is 0 Å². The van der Waals surface area contributed by atoms with Gasteiger partial charge in [0.1, 0.15) is 19.0 Å². The maximum Gasteiger partial charge on any atom is 0.156 e. The van der Waals surface area contributed by atoms with Crippen LogP contribution in [0.25, 0.3) is 11.1 Å². The Morgan fingerprint density at radius 1 is 0.767 bits per heavy atom. The third-order valence-corrected chi connectivity index (χ3v) is 8.18. The lowest BCUT2D eigenvalue weighted by Gasteiger charge is -2.28. The number of halogens is 2. The van der Waals surface area contributed by atoms with Crippen molar-refractivity contribution in [1.29, 1.82) is 0 Å². The summed E-state index contributed by atoms with van der Waals surface area (Å²) >= 11 is 12.6. The van der Waals surface area contributed by atoms with Gasteiger partial charge in [0.05, 0.1) is 16.7 Å². The van der Waals surface area contributed by atoms with Crippen molar-refractivity contribution < 1.29 is 14.2 Å². The zero-order valence-corrected chi connectivity index (χ0v) is 27.8. The van der Waals surface area contributed by atoms with E-state index in [4.69, 9.17) is 37.4 Å². The first-order valence-corrected chi connectivity index (χ1v) is 15.8. The minimum Gasteiger partial charge on any atom is -0.490 e. The molecule has 0 amide bonds. The van der Waals surface area contributed by atoms with Crippen molar-refractivity contribution in [2.24, 2.45) is 5.41 Å². The molecule has 4 rings (SSSR count). The second-order valence-corrected chi connectivity index (χ2v) is 13.4. The Balaban J connectivity index is 1.43. The molecule has 0 spiro atoms. The second kappa shape index (κ2) is 15.1. The Bertz CT molecular complexity index is 1470. The summed E-state index contributed by atoms with van der Waals surface area (Å²) in [6.45, 7) is 12.6. The van der Waals surface area contributed by atoms with Gasteiger partial charge in [-0.05, 0) is 108 Å². The van der Waals surface area contributed by atoms with Gasteiger partial charge in [0.2, 0.25) is 0 Å². The molecule has 1 unspecified atom stereocenters. The molecule has 0 heterocycles. The summed E-state index contributed by atoms with van der Waals surface area (Å²) in [6, 6.07) is 27.8. The molecule has 0 aliphatic heterocycles. The fourth-order valence-corrected chi connectivity index (χ4v) is 6.40. The molecular weight excluding hydrogens is 575 g/mol. The quantitative estimate of drug-likeness (QED) is 0.139. The third-order valence-electron chi connectivity index (χ3n) is 7.62. The molecule has 5 heteroatoms. The lowest BCUT2D eigenvalue weighted by Crippen LogP contribution is -2.15. The smallest absolute Gasteiger partial charge is 0.156 e. The highest BCUT2D eigenvalue weighted by Gasteiger charge is 2.23. The minimum atomic E-state index is 0.203. The molecule has 0 aliphatic rings. The average molecular weight is 620 g/mol. The van der Waals surface area contributed by atoms with Crippen molar-refractivity contribution in [1.82, 2.24) is 0 Å². The van der Waals surface area contributed by atoms with E-state index in [0.717, 1.165) is 37.2 Å². The summed E-state index contributed by atoms with van der Waals surface area (Å²) in [4.78, 5) is 0. The van der Waals surface area contributed by atoms with Crippen LogP contribution in [-0.2, 0) is 17.6 Å². The summed E-state index contributed by atoms with van der Waals surface area (Å²) in [6.07, 6.45) is 2.97. The molecule has 0 N–H and O–H groups in total. The normalized spacial score (nSPS) is 12.3. The van der Waals surface area contributed by atoms with Crippen LogP contribution in [0.5, 0.6) is 11.5 Å². The summed E-state index contributed by atoms with van der Waals surface area (Å²) in [5.74, 6) is 1.71. The maximum absolute atomic E-state index is 6.29. The fraction of sp³-hybridized carbons (Fsp3) is 0.368. The van der Waals surface area contributed by atoms with Crippen molar-refractivity contribution in [3.63, 3.8) is 0 Å². The molecule has 0 fully saturated rings. The van der Waals surface area contributed by atoms with Gasteiger partial charge < -0.3 is 14.2 Å². The first-order chi connectivity index (χ1) is 20.5. The Labute approximate surface area is 268 Å². The Hall–Kier alpha value is -2.98. The number of benzene rings is 4. The van der Waals surface area contributed by atoms with Crippen LogP contribution in [-0.4, -0.2) is 26.9 Å². The minimum absolute atomic E-state index is 0.203. The van der Waals surface area contributed by atoms with Gasteiger partial charge in [-0.2, -0.15) is 0 Å². The van der Waals surface area contributed by atoms with Gasteiger partial charge in [-0.25, -0.2) is 0 Å². The van der Waals surface area contributed by atoms with Gasteiger partial charge in [-0.3, -0.25) is 0 Å². The summed E-state index contributed by atoms with van der Waals surface area (Å²) in [5, 5.41) is 1.02. The molecule has 1 atom stereocenters. The standard InChI is InChI=1S/C38H44Cl2O3/c1-26-21-35(39)37(36(40)22-26)43-20-19-42-32-14-11-28(12-15-32)24-31(25-38(3,4)5)33-16-13-30(23-27(33)2)34-10-8-7-9-29(34)17-18-41-6/h7-16,21-23,31H,17-20,24-25H2,1-6H3. The van der Waals surface area contributed by atoms with Gasteiger partial charge in [-0.1, -0.05) is 98.6 Å². The first-order valence-electron chi connectivity index (χ1n) is 15.0. The van der Waals surface area contributed by atoms with Crippen LogP contribution < -0.4 is 9.47 Å². The van der Waals surface area contributed by atoms with Gasteiger partial charge in [0.15, 0.2) is 5.75 Å². The van der Waals surface area contributed by atoms with Crippen LogP contribution in [0.3, 0.4) is 0 Å². The topological polar surface area (TPSA) is 27.7 Å². The van der Waals surface area contributed by atoms with Gasteiger partial charge in [-0.15, -0.1) is 0 Å². The predicted octanol–water partition coefficient (Wildman–Crippen LogP) is 10.7. The average Bonchev–Trinajstić information content (AvgIpc) is 2.95. The number of ether oxygens (including phenoxy) is 3. The molecule has 228 valence electrons. The summed E-state index contributed by atoms with van der Waals surface area (Å²) < 4.78 is 17.1. The summed E-state index contributed by atoms with van der Waals surface area (Å²) in [5.41, 5.74) is 9.11. The van der Waals surface area contributed by atoms with Crippen LogP contribution in [0.2, 0.25) is 10.0 Å². The molecule has 0 saturated carbocycles. The van der Waals surface area contributed by atoms with E-state index in [9.17, 15) is 0 Å². The van der Waals surface area contributed by atoms with Crippen LogP contribution in [0, 0.1) is 19.3 Å². The molecule has 3 nitrogen and oxygen atoms in total. The van der Waals surface area contributed by atoms with E-state index in [1.165, 1.54) is 33.4 Å². The largest absolute Gasteiger partial charge is 0.490 e. The first kappa shape index (κ1) is 32.9. The van der Waals surface area contributed by atoms with E-state index in [-0.39, 0.29) is 5.41 Å². The Kier molecular flexibility index (Phi) is 11.6. The lowest BCUT2D eigenvalue weighted by atomic mass is 9.77. The van der Waals surface area contributed by atoms with E-state index in [2.05, 4.69) is 82.3 Å². The molecule has 0 aliphatic carbocycles. The van der Waals surface area contributed by atoms with Crippen LogP contribution in [0.4, 0.5) is 0 Å². The van der Waals surface area contributed by atoms with E-state index >= 15 is 0 Å². The maximum atomic E-state index is 6.29. The van der Waals surface area contributed by atoms with Crippen molar-refractivity contribution in [3.05, 3.63) is 117 Å². The van der Waals surface area contributed by atoms with Crippen LogP contribution in [0.1, 0.15) is 60.9 Å². The monoisotopic (exact) mass is 618 g/mol. The molecule has 0 saturated heterocycles. The van der Waals surface area contributed by atoms with E-state index in [1.54, 1.807) is 7.11 Å². The highest BCUT2D eigenvalue weighted by molar-refractivity contribution is 6.37. The Morgan fingerprint density at radius 2 is 1.44 bits per heavy atom. The molecular formula is C38H44Cl2O3. The van der Waals surface area contributed by atoms with Crippen molar-refractivity contribution >= 4 is 23.2 Å². The summed E-state index contributed by atoms with van der Waals surface area (Å²) in [7, 11) is 1.76. The fourth-order valence-electron chi connectivity index (χ4n) is 5.70. The zero-order chi connectivity index (χ0) is 31.0. The highest BCUT2D eigenvalue weighted by Crippen LogP contribution is 2.37. The number of hydrogen-bond donors (Lipinski definition) is 0. The lowest BCUT2D eigenvalue weighted by molar-refractivity contribution is 0.202. The molecule has 4 aromatic carbocycles. The number of methoxy groups -OCH3 is 1. The van der Waals surface area contributed by atoms with E-state index in [0.29, 0.717) is 34.9 Å². The van der Waals surface area contributed by atoms with Crippen LogP contribution >= 0.6 is 23.2 Å². The molecule has 0 radical (unpaired) electrons. The molecule has 0 aromatic heterocycles. The van der Waals surface area contributed by atoms with E-state index in [1.807, 2.05) is 31.2 Å². The van der Waals surface area contributed by atoms with Crippen molar-refractivity contribution in [2.45, 2.75) is 59.8 Å². The molecule has 43 heavy (non-hydrogen) atoms. The predicted molar refractivity (Wildman–Crippen MR) is 181 cm³/mol. The number of hydrogen-bond acceptors (Lipinski definition) is 3. The SMILES string of the molecule is COCCc1ccccc1-c1ccc(C(Cc2ccc(OCCOc3c(Cl)cc(C)cc3Cl)cc2)CC(C)(C)C)c(C)c1. The Morgan fingerprint density at radius 3 is 2.09 bits per heavy atom. The zero-order valence-electron chi connectivity index (χ0n) is 26.3. The second-order valence-electron chi connectivity index (χ2n) is 12.5. The van der Waals surface area contributed by atoms with Crippen molar-refractivity contribution in [3.8, 4) is 22.6 Å². The number of aryl methyl sites for hydroxylation is 2. The molecule has 0 bridgehead atoms. The van der Waals surface area contributed by atoms with Crippen molar-refractivity contribution in [2.75, 3.05) is 26.9 Å². The van der Waals surface area contributed by atoms with Gasteiger partial charge >= 0.3 is 0 Å². The number of rotatable bonds is 13. The van der Waals surface area contributed by atoms with Gasteiger partial charge in [0, 0.05) is 7.11 Å². The third kappa shape index (κ3) is 9.50.